The number of benzene rings is 2. The Morgan fingerprint density at radius 3 is 2.20 bits per heavy atom. The molecule has 1 N–H and O–H groups in total. The molecular weight excluding hydrogens is 335 g/mol. The van der Waals surface area contributed by atoms with E-state index in [4.69, 9.17) is 4.74 Å². The Kier molecular flexibility index (Phi) is 5.80. The summed E-state index contributed by atoms with van der Waals surface area (Å²) in [4.78, 5) is 23.6. The zero-order chi connectivity index (χ0) is 18.4. The molecule has 7 heteroatoms. The molecule has 0 aromatic heterocycles. The number of halogens is 3. The number of esters is 1. The van der Waals surface area contributed by atoms with Gasteiger partial charge >= 0.3 is 12.1 Å². The van der Waals surface area contributed by atoms with Crippen LogP contribution in [0.25, 0.3) is 0 Å². The van der Waals surface area contributed by atoms with E-state index < -0.39 is 30.2 Å². The number of carbonyl (C=O) groups excluding carboxylic acids is 2. The van der Waals surface area contributed by atoms with Crippen molar-refractivity contribution in [3.63, 3.8) is 0 Å². The highest BCUT2D eigenvalue weighted by Crippen LogP contribution is 2.29. The van der Waals surface area contributed by atoms with Gasteiger partial charge in [-0.1, -0.05) is 30.3 Å². The molecule has 2 rings (SSSR count). The number of hydrogen-bond donors (Lipinski definition) is 1. The maximum absolute atomic E-state index is 12.5. The number of rotatable bonds is 5. The van der Waals surface area contributed by atoms with Crippen LogP contribution in [0.5, 0.6) is 0 Å². The lowest BCUT2D eigenvalue weighted by molar-refractivity contribution is -0.137. The van der Waals surface area contributed by atoms with Crippen LogP contribution in [0.15, 0.2) is 54.6 Å². The third-order valence-corrected chi connectivity index (χ3v) is 3.46. The lowest BCUT2D eigenvalue weighted by atomic mass is 10.1. The molecule has 0 fully saturated rings. The molecule has 2 aromatic rings. The Morgan fingerprint density at radius 1 is 1.04 bits per heavy atom. The van der Waals surface area contributed by atoms with E-state index in [1.165, 1.54) is 0 Å². The minimum Gasteiger partial charge on any atom is -0.452 e. The number of carbonyl (C=O) groups is 2. The first-order valence-corrected chi connectivity index (χ1v) is 7.46. The van der Waals surface area contributed by atoms with Crippen molar-refractivity contribution in [1.29, 1.82) is 0 Å². The molecular formula is C18H16F3NO3. The van der Waals surface area contributed by atoms with Crippen LogP contribution in [-0.2, 0) is 15.7 Å². The summed E-state index contributed by atoms with van der Waals surface area (Å²) in [5, 5.41) is 2.67. The van der Waals surface area contributed by atoms with Crippen molar-refractivity contribution in [3.05, 3.63) is 71.3 Å². The molecule has 4 nitrogen and oxygen atoms in total. The standard InChI is InChI=1S/C18H16F3NO3/c1-12(13-5-3-2-4-6-13)22-16(23)11-25-17(24)14-7-9-15(10-8-14)18(19,20)21/h2-10,12H,11H2,1H3,(H,22,23)/t12-/m0/s1. The van der Waals surface area contributed by atoms with Gasteiger partial charge in [-0.25, -0.2) is 4.79 Å². The first kappa shape index (κ1) is 18.5. The molecule has 0 heterocycles. The minimum absolute atomic E-state index is 0.0584. The van der Waals surface area contributed by atoms with Crippen LogP contribution in [0.4, 0.5) is 13.2 Å². The van der Waals surface area contributed by atoms with Gasteiger partial charge in [0.1, 0.15) is 0 Å². The number of nitrogens with one attached hydrogen (secondary N) is 1. The SMILES string of the molecule is C[C@H](NC(=O)COC(=O)c1ccc(C(F)(F)F)cc1)c1ccccc1. The van der Waals surface area contributed by atoms with Gasteiger partial charge in [-0.05, 0) is 36.8 Å². The van der Waals surface area contributed by atoms with Crippen LogP contribution in [0.1, 0.15) is 34.5 Å². The first-order chi connectivity index (χ1) is 11.8. The second-order valence-corrected chi connectivity index (χ2v) is 5.35. The van der Waals surface area contributed by atoms with Gasteiger partial charge in [0.15, 0.2) is 6.61 Å². The first-order valence-electron chi connectivity index (χ1n) is 7.46. The van der Waals surface area contributed by atoms with Crippen molar-refractivity contribution in [2.24, 2.45) is 0 Å². The molecule has 0 aliphatic carbocycles. The Hall–Kier alpha value is -2.83. The van der Waals surface area contributed by atoms with Gasteiger partial charge in [0.2, 0.25) is 0 Å². The summed E-state index contributed by atoms with van der Waals surface area (Å²) in [7, 11) is 0. The van der Waals surface area contributed by atoms with Gasteiger partial charge in [-0.2, -0.15) is 13.2 Å². The van der Waals surface area contributed by atoms with Crippen LogP contribution in [0.3, 0.4) is 0 Å². The summed E-state index contributed by atoms with van der Waals surface area (Å²) in [6, 6.07) is 12.5. The van der Waals surface area contributed by atoms with E-state index in [1.807, 2.05) is 30.3 Å². The van der Waals surface area contributed by atoms with Crippen molar-refractivity contribution >= 4 is 11.9 Å². The van der Waals surface area contributed by atoms with Gasteiger partial charge in [0, 0.05) is 0 Å². The van der Waals surface area contributed by atoms with Gasteiger partial charge in [-0.15, -0.1) is 0 Å². The summed E-state index contributed by atoms with van der Waals surface area (Å²) < 4.78 is 42.2. The van der Waals surface area contributed by atoms with Gasteiger partial charge < -0.3 is 10.1 Å². The highest BCUT2D eigenvalue weighted by atomic mass is 19.4. The van der Waals surface area contributed by atoms with Crippen LogP contribution in [0, 0.1) is 0 Å². The van der Waals surface area contributed by atoms with Crippen LogP contribution < -0.4 is 5.32 Å². The smallest absolute Gasteiger partial charge is 0.416 e. The van der Waals surface area contributed by atoms with E-state index in [-0.39, 0.29) is 11.6 Å². The molecule has 0 spiro atoms. The number of amides is 1. The van der Waals surface area contributed by atoms with Crippen molar-refractivity contribution in [2.45, 2.75) is 19.1 Å². The molecule has 0 bridgehead atoms. The molecule has 0 aliphatic rings. The average molecular weight is 351 g/mol. The van der Waals surface area contributed by atoms with Crippen molar-refractivity contribution in [3.8, 4) is 0 Å². The molecule has 0 unspecified atom stereocenters. The van der Waals surface area contributed by atoms with Crippen molar-refractivity contribution in [1.82, 2.24) is 5.32 Å². The predicted molar refractivity (Wildman–Crippen MR) is 84.7 cm³/mol. The van der Waals surface area contributed by atoms with E-state index in [0.29, 0.717) is 0 Å². The molecule has 1 atom stereocenters. The molecule has 132 valence electrons. The largest absolute Gasteiger partial charge is 0.452 e. The van der Waals surface area contributed by atoms with E-state index in [1.54, 1.807) is 6.92 Å². The Labute approximate surface area is 142 Å². The van der Waals surface area contributed by atoms with Crippen LogP contribution >= 0.6 is 0 Å². The fourth-order valence-electron chi connectivity index (χ4n) is 2.12. The zero-order valence-corrected chi connectivity index (χ0v) is 13.3. The van der Waals surface area contributed by atoms with Gasteiger partial charge in [-0.3, -0.25) is 4.79 Å². The fourth-order valence-corrected chi connectivity index (χ4v) is 2.12. The normalized spacial score (nSPS) is 12.3. The van der Waals surface area contributed by atoms with E-state index in [9.17, 15) is 22.8 Å². The fraction of sp³-hybridized carbons (Fsp3) is 0.222. The highest BCUT2D eigenvalue weighted by molar-refractivity contribution is 5.91. The molecule has 0 radical (unpaired) electrons. The molecule has 1 amide bonds. The summed E-state index contributed by atoms with van der Waals surface area (Å²) in [5.74, 6) is -1.37. The Bertz CT molecular complexity index is 727. The summed E-state index contributed by atoms with van der Waals surface area (Å²) >= 11 is 0. The monoisotopic (exact) mass is 351 g/mol. The lowest BCUT2D eigenvalue weighted by Crippen LogP contribution is -2.31. The van der Waals surface area contributed by atoms with Crippen molar-refractivity contribution in [2.75, 3.05) is 6.61 Å². The molecule has 0 saturated heterocycles. The number of hydrogen-bond acceptors (Lipinski definition) is 3. The molecule has 2 aromatic carbocycles. The van der Waals surface area contributed by atoms with E-state index >= 15 is 0 Å². The Morgan fingerprint density at radius 2 is 1.64 bits per heavy atom. The Balaban J connectivity index is 1.86. The second kappa shape index (κ2) is 7.83. The third-order valence-electron chi connectivity index (χ3n) is 3.46. The number of ether oxygens (including phenoxy) is 1. The summed E-state index contributed by atoms with van der Waals surface area (Å²) in [6.45, 7) is 1.27. The zero-order valence-electron chi connectivity index (χ0n) is 13.3. The average Bonchev–Trinajstić information content (AvgIpc) is 2.59. The molecule has 0 saturated carbocycles. The highest BCUT2D eigenvalue weighted by Gasteiger charge is 2.30. The minimum atomic E-state index is -4.48. The van der Waals surface area contributed by atoms with Crippen molar-refractivity contribution < 1.29 is 27.5 Å². The van der Waals surface area contributed by atoms with E-state index in [2.05, 4.69) is 5.32 Å². The molecule has 0 aliphatic heterocycles. The predicted octanol–water partition coefficient (Wildman–Crippen LogP) is 3.74. The number of alkyl halides is 3. The second-order valence-electron chi connectivity index (χ2n) is 5.35. The van der Waals surface area contributed by atoms with Crippen LogP contribution in [0.2, 0.25) is 0 Å². The van der Waals surface area contributed by atoms with Gasteiger partial charge in [0.25, 0.3) is 5.91 Å². The quantitative estimate of drug-likeness (QED) is 0.835. The summed E-state index contributed by atoms with van der Waals surface area (Å²) in [6.07, 6.45) is -4.48. The maximum atomic E-state index is 12.5. The molecule has 25 heavy (non-hydrogen) atoms. The van der Waals surface area contributed by atoms with E-state index in [0.717, 1.165) is 29.8 Å². The topological polar surface area (TPSA) is 55.4 Å². The lowest BCUT2D eigenvalue weighted by Gasteiger charge is -2.14. The van der Waals surface area contributed by atoms with Gasteiger partial charge in [0.05, 0.1) is 17.2 Å². The maximum Gasteiger partial charge on any atom is 0.416 e. The van der Waals surface area contributed by atoms with Crippen LogP contribution in [-0.4, -0.2) is 18.5 Å². The summed E-state index contributed by atoms with van der Waals surface area (Å²) in [5.41, 5.74) is -0.0275. The third kappa shape index (κ3) is 5.34.